The summed E-state index contributed by atoms with van der Waals surface area (Å²) in [5, 5.41) is 17.8. The second-order valence-corrected chi connectivity index (χ2v) is 4.89. The van der Waals surface area contributed by atoms with E-state index in [1.165, 1.54) is 31.7 Å². The second-order valence-electron chi connectivity index (χ2n) is 4.89. The Kier molecular flexibility index (Phi) is 4.75. The fraction of sp³-hybridized carbons (Fsp3) is 0.538. The average Bonchev–Trinajstić information content (AvgIpc) is 2.84. The monoisotopic (exact) mass is 252 g/mol. The molecule has 1 fully saturated rings. The molecule has 18 heavy (non-hydrogen) atoms. The highest BCUT2D eigenvalue weighted by atomic mass is 19.1. The summed E-state index contributed by atoms with van der Waals surface area (Å²) in [7, 11) is -1.63. The van der Waals surface area contributed by atoms with E-state index in [1.54, 1.807) is 6.07 Å². The molecule has 0 heterocycles. The molecule has 1 saturated carbocycles. The van der Waals surface area contributed by atoms with E-state index in [-0.39, 0.29) is 12.1 Å². The van der Waals surface area contributed by atoms with Gasteiger partial charge in [0.25, 0.3) is 0 Å². The molecule has 0 unspecified atom stereocenters. The molecule has 0 spiro atoms. The third kappa shape index (κ3) is 3.54. The summed E-state index contributed by atoms with van der Waals surface area (Å²) in [6.45, 7) is 0.925. The van der Waals surface area contributed by atoms with Crippen molar-refractivity contribution >= 4 is 12.6 Å². The van der Waals surface area contributed by atoms with Crippen LogP contribution < -0.4 is 5.46 Å². The van der Waals surface area contributed by atoms with Gasteiger partial charge in [0.15, 0.2) is 0 Å². The Balaban J connectivity index is 1.85. The van der Waals surface area contributed by atoms with Crippen molar-refractivity contribution < 1.29 is 19.2 Å². The lowest BCUT2D eigenvalue weighted by molar-refractivity contribution is 0.0870. The van der Waals surface area contributed by atoms with Gasteiger partial charge in [0.2, 0.25) is 0 Å². The minimum atomic E-state index is -1.63. The van der Waals surface area contributed by atoms with Crippen molar-refractivity contribution in [1.82, 2.24) is 0 Å². The van der Waals surface area contributed by atoms with Crippen LogP contribution in [0.15, 0.2) is 18.2 Å². The van der Waals surface area contributed by atoms with Crippen molar-refractivity contribution in [2.45, 2.75) is 32.3 Å². The lowest BCUT2D eigenvalue weighted by Gasteiger charge is -2.11. The normalized spacial score (nSPS) is 16.2. The summed E-state index contributed by atoms with van der Waals surface area (Å²) >= 11 is 0. The maximum atomic E-state index is 13.6. The first-order valence-corrected chi connectivity index (χ1v) is 6.39. The molecule has 0 amide bonds. The van der Waals surface area contributed by atoms with Gasteiger partial charge < -0.3 is 14.8 Å². The Morgan fingerprint density at radius 2 is 2.00 bits per heavy atom. The number of benzene rings is 1. The minimum absolute atomic E-state index is 0.159. The lowest BCUT2D eigenvalue weighted by Crippen LogP contribution is -2.30. The molecule has 0 radical (unpaired) electrons. The van der Waals surface area contributed by atoms with Gasteiger partial charge in [-0.1, -0.05) is 25.0 Å². The zero-order valence-corrected chi connectivity index (χ0v) is 10.3. The van der Waals surface area contributed by atoms with Gasteiger partial charge in [-0.2, -0.15) is 0 Å². The summed E-state index contributed by atoms with van der Waals surface area (Å²) in [5.74, 6) is 0.165. The Bertz CT molecular complexity index is 392. The van der Waals surface area contributed by atoms with Crippen LogP contribution in [0.1, 0.15) is 31.2 Å². The fourth-order valence-electron chi connectivity index (χ4n) is 2.35. The Morgan fingerprint density at radius 1 is 1.28 bits per heavy atom. The third-order valence-corrected chi connectivity index (χ3v) is 3.46. The Hall–Kier alpha value is -0.905. The predicted molar refractivity (Wildman–Crippen MR) is 67.8 cm³/mol. The molecular formula is C13H18BFO3. The van der Waals surface area contributed by atoms with E-state index >= 15 is 0 Å². The lowest BCUT2D eigenvalue weighted by atomic mass is 9.80. The van der Waals surface area contributed by atoms with Crippen LogP contribution in [-0.4, -0.2) is 23.8 Å². The van der Waals surface area contributed by atoms with Crippen LogP contribution in [0.25, 0.3) is 0 Å². The van der Waals surface area contributed by atoms with Gasteiger partial charge in [0.05, 0.1) is 6.61 Å². The van der Waals surface area contributed by atoms with Crippen molar-refractivity contribution in [3.8, 4) is 0 Å². The SMILES string of the molecule is OB(O)c1ccc(COCC2CCCC2)c(F)c1. The summed E-state index contributed by atoms with van der Waals surface area (Å²) in [6.07, 6.45) is 4.95. The predicted octanol–water partition coefficient (Wildman–Crippen LogP) is 1.21. The van der Waals surface area contributed by atoms with Crippen molar-refractivity contribution in [3.63, 3.8) is 0 Å². The van der Waals surface area contributed by atoms with Crippen molar-refractivity contribution in [3.05, 3.63) is 29.6 Å². The van der Waals surface area contributed by atoms with E-state index in [9.17, 15) is 4.39 Å². The van der Waals surface area contributed by atoms with Crippen LogP contribution in [0, 0.1) is 11.7 Å². The molecule has 1 aliphatic carbocycles. The first-order valence-electron chi connectivity index (χ1n) is 6.39. The van der Waals surface area contributed by atoms with Crippen molar-refractivity contribution in [2.75, 3.05) is 6.61 Å². The molecule has 2 N–H and O–H groups in total. The molecule has 0 aromatic heterocycles. The molecule has 0 saturated heterocycles. The molecule has 0 aliphatic heterocycles. The van der Waals surface area contributed by atoms with E-state index in [4.69, 9.17) is 14.8 Å². The van der Waals surface area contributed by atoms with Gasteiger partial charge in [-0.15, -0.1) is 0 Å². The molecule has 0 atom stereocenters. The zero-order chi connectivity index (χ0) is 13.0. The maximum absolute atomic E-state index is 13.6. The Labute approximate surface area is 107 Å². The van der Waals surface area contributed by atoms with Gasteiger partial charge in [-0.3, -0.25) is 0 Å². The van der Waals surface area contributed by atoms with Gasteiger partial charge in [0.1, 0.15) is 5.82 Å². The van der Waals surface area contributed by atoms with Crippen molar-refractivity contribution in [2.24, 2.45) is 5.92 Å². The summed E-state index contributed by atoms with van der Waals surface area (Å²) in [4.78, 5) is 0. The van der Waals surface area contributed by atoms with Gasteiger partial charge in [-0.05, 0) is 30.3 Å². The van der Waals surface area contributed by atoms with E-state index in [1.807, 2.05) is 0 Å². The van der Waals surface area contributed by atoms with Crippen LogP contribution >= 0.6 is 0 Å². The summed E-state index contributed by atoms with van der Waals surface area (Å²) < 4.78 is 19.1. The molecule has 1 aromatic carbocycles. The molecule has 1 aliphatic rings. The molecular weight excluding hydrogens is 234 g/mol. The molecule has 0 bridgehead atoms. The summed E-state index contributed by atoms with van der Waals surface area (Å²) in [6, 6.07) is 4.18. The molecule has 3 nitrogen and oxygen atoms in total. The Morgan fingerprint density at radius 3 is 2.61 bits per heavy atom. The number of hydrogen-bond acceptors (Lipinski definition) is 3. The number of ether oxygens (including phenoxy) is 1. The van der Waals surface area contributed by atoms with E-state index in [0.29, 0.717) is 18.1 Å². The highest BCUT2D eigenvalue weighted by Gasteiger charge is 2.16. The van der Waals surface area contributed by atoms with Gasteiger partial charge >= 0.3 is 7.12 Å². The quantitative estimate of drug-likeness (QED) is 0.774. The van der Waals surface area contributed by atoms with Crippen LogP contribution in [0.4, 0.5) is 4.39 Å². The molecule has 98 valence electrons. The summed E-state index contributed by atoms with van der Waals surface area (Å²) in [5.41, 5.74) is 0.615. The largest absolute Gasteiger partial charge is 0.488 e. The van der Waals surface area contributed by atoms with Crippen molar-refractivity contribution in [1.29, 1.82) is 0 Å². The van der Waals surface area contributed by atoms with Crippen LogP contribution in [0.3, 0.4) is 0 Å². The number of halogens is 1. The van der Waals surface area contributed by atoms with Crippen LogP contribution in [0.2, 0.25) is 0 Å². The second kappa shape index (κ2) is 6.32. The fourth-order valence-corrected chi connectivity index (χ4v) is 2.35. The zero-order valence-electron chi connectivity index (χ0n) is 10.3. The van der Waals surface area contributed by atoms with Crippen LogP contribution in [0.5, 0.6) is 0 Å². The average molecular weight is 252 g/mol. The van der Waals surface area contributed by atoms with E-state index < -0.39 is 12.9 Å². The highest BCUT2D eigenvalue weighted by Crippen LogP contribution is 2.25. The van der Waals surface area contributed by atoms with E-state index in [2.05, 4.69) is 0 Å². The smallest absolute Gasteiger partial charge is 0.423 e. The topological polar surface area (TPSA) is 49.7 Å². The van der Waals surface area contributed by atoms with E-state index in [0.717, 1.165) is 6.07 Å². The van der Waals surface area contributed by atoms with Gasteiger partial charge in [-0.25, -0.2) is 4.39 Å². The molecule has 1 aromatic rings. The maximum Gasteiger partial charge on any atom is 0.488 e. The van der Waals surface area contributed by atoms with Gasteiger partial charge in [0, 0.05) is 12.2 Å². The standard InChI is InChI=1S/C13H18BFO3/c15-13-7-12(14(16)17)6-5-11(13)9-18-8-10-3-1-2-4-10/h5-7,10,16-17H,1-4,8-9H2. The minimum Gasteiger partial charge on any atom is -0.423 e. The number of rotatable bonds is 5. The highest BCUT2D eigenvalue weighted by molar-refractivity contribution is 6.58. The first-order chi connectivity index (χ1) is 8.66. The number of hydrogen-bond donors (Lipinski definition) is 2. The molecule has 2 rings (SSSR count). The molecule has 5 heteroatoms. The van der Waals surface area contributed by atoms with Crippen LogP contribution in [-0.2, 0) is 11.3 Å². The first kappa shape index (κ1) is 13.5. The third-order valence-electron chi connectivity index (χ3n) is 3.46.